The number of hydrogen-bond donors (Lipinski definition) is 1. The number of nitrogens with zero attached hydrogens (tertiary/aromatic N) is 3. The number of aryl methyl sites for hydroxylation is 1. The molecule has 0 bridgehead atoms. The van der Waals surface area contributed by atoms with Gasteiger partial charge in [-0.05, 0) is 75.6 Å². The molecule has 1 aliphatic heterocycles. The first-order valence-corrected chi connectivity index (χ1v) is 19.7. The molecule has 1 saturated heterocycles. The molecule has 55 heavy (non-hydrogen) atoms. The van der Waals surface area contributed by atoms with Crippen LogP contribution in [0.4, 0.5) is 0 Å². The van der Waals surface area contributed by atoms with E-state index in [2.05, 4.69) is 49.3 Å². The average Bonchev–Trinajstić information content (AvgIpc) is 3.61. The lowest BCUT2D eigenvalue weighted by Gasteiger charge is -2.42. The molecule has 0 saturated carbocycles. The van der Waals surface area contributed by atoms with E-state index in [4.69, 9.17) is 29.9 Å². The van der Waals surface area contributed by atoms with E-state index in [1.54, 1.807) is 27.3 Å². The van der Waals surface area contributed by atoms with Crippen LogP contribution in [0.3, 0.4) is 0 Å². The molecule has 1 aromatic heterocycles. The fourth-order valence-corrected chi connectivity index (χ4v) is 9.90. The fraction of sp³-hybridized carbons (Fsp3) is 0.419. The number of nitrogens with one attached hydrogen (secondary N) is 1. The zero-order valence-corrected chi connectivity index (χ0v) is 33.5. The highest BCUT2D eigenvalue weighted by molar-refractivity contribution is 7.51. The van der Waals surface area contributed by atoms with E-state index in [1.165, 1.54) is 4.57 Å². The third-order valence-electron chi connectivity index (χ3n) is 9.82. The number of nitriles is 1. The Morgan fingerprint density at radius 1 is 0.945 bits per heavy atom. The molecule has 11 nitrogen and oxygen atoms in total. The number of ether oxygens (including phenoxy) is 4. The summed E-state index contributed by atoms with van der Waals surface area (Å²) in [5.41, 5.74) is 0.554. The second-order valence-electron chi connectivity index (χ2n) is 14.1. The molecule has 3 aromatic carbocycles. The average molecular weight is 767 g/mol. The van der Waals surface area contributed by atoms with Crippen molar-refractivity contribution in [3.8, 4) is 29.9 Å². The second kappa shape index (κ2) is 18.7. The van der Waals surface area contributed by atoms with Crippen LogP contribution in [0.15, 0.2) is 94.6 Å². The minimum absolute atomic E-state index is 0.0694. The number of terminal acetylenes is 1. The summed E-state index contributed by atoms with van der Waals surface area (Å²) in [6, 6.07) is 28.1. The molecule has 0 amide bonds. The molecule has 1 fully saturated rings. The van der Waals surface area contributed by atoms with Gasteiger partial charge in [-0.1, -0.05) is 54.6 Å². The van der Waals surface area contributed by atoms with Gasteiger partial charge in [0.25, 0.3) is 5.56 Å². The number of hydrogen-bond acceptors (Lipinski definition) is 9. The first-order valence-electron chi connectivity index (χ1n) is 18.5. The first-order chi connectivity index (χ1) is 26.5. The van der Waals surface area contributed by atoms with Crippen molar-refractivity contribution in [1.82, 2.24) is 14.2 Å². The van der Waals surface area contributed by atoms with Crippen LogP contribution in [0.25, 0.3) is 0 Å². The second-order valence-corrected chi connectivity index (χ2v) is 16.1. The van der Waals surface area contributed by atoms with Crippen LogP contribution >= 0.6 is 8.30 Å². The van der Waals surface area contributed by atoms with Crippen LogP contribution in [0.1, 0.15) is 69.0 Å². The molecular weight excluding hydrogens is 715 g/mol. The van der Waals surface area contributed by atoms with Crippen molar-refractivity contribution in [3.05, 3.63) is 128 Å². The molecule has 4 aromatic rings. The Hall–Kier alpha value is -4.74. The number of aromatic amines is 1. The highest BCUT2D eigenvalue weighted by atomic mass is 31.2. The van der Waals surface area contributed by atoms with Crippen LogP contribution in [0, 0.1) is 36.5 Å². The number of aromatic nitrogens is 2. The number of rotatable bonds is 17. The van der Waals surface area contributed by atoms with Gasteiger partial charge >= 0.3 is 5.69 Å². The first kappa shape index (κ1) is 41.4. The van der Waals surface area contributed by atoms with E-state index in [-0.39, 0.29) is 37.4 Å². The Morgan fingerprint density at radius 2 is 1.51 bits per heavy atom. The van der Waals surface area contributed by atoms with Gasteiger partial charge in [-0.25, -0.2) is 4.79 Å². The minimum Gasteiger partial charge on any atom is -0.497 e. The largest absolute Gasteiger partial charge is 0.497 e. The molecule has 5 atom stereocenters. The summed E-state index contributed by atoms with van der Waals surface area (Å²) in [6.07, 6.45) is 6.47. The van der Waals surface area contributed by atoms with Crippen molar-refractivity contribution < 1.29 is 23.5 Å². The van der Waals surface area contributed by atoms with Gasteiger partial charge < -0.3 is 23.5 Å². The summed E-state index contributed by atoms with van der Waals surface area (Å²) < 4.78 is 35.9. The van der Waals surface area contributed by atoms with Crippen molar-refractivity contribution in [1.29, 1.82) is 5.26 Å². The minimum atomic E-state index is -1.47. The third-order valence-corrected chi connectivity index (χ3v) is 12.7. The Morgan fingerprint density at radius 3 is 2.02 bits per heavy atom. The van der Waals surface area contributed by atoms with Crippen LogP contribution in [0.2, 0.25) is 0 Å². The van der Waals surface area contributed by atoms with Gasteiger partial charge in [-0.2, -0.15) is 5.26 Å². The molecule has 0 aliphatic carbocycles. The van der Waals surface area contributed by atoms with Gasteiger partial charge in [0.2, 0.25) is 0 Å². The summed E-state index contributed by atoms with van der Waals surface area (Å²) in [5.74, 6) is 3.51. The van der Waals surface area contributed by atoms with E-state index < -0.39 is 43.4 Å². The predicted octanol–water partition coefficient (Wildman–Crippen LogP) is 7.14. The monoisotopic (exact) mass is 766 g/mol. The van der Waals surface area contributed by atoms with E-state index >= 15 is 0 Å². The van der Waals surface area contributed by atoms with E-state index in [1.807, 2.05) is 78.9 Å². The van der Waals surface area contributed by atoms with Crippen LogP contribution in [0.5, 0.6) is 11.5 Å². The highest BCUT2D eigenvalue weighted by Gasteiger charge is 2.48. The smallest absolute Gasteiger partial charge is 0.330 e. The normalized spacial score (nSPS) is 18.2. The quantitative estimate of drug-likeness (QED) is 0.0678. The SMILES string of the molecule is C#CCC(C#N)COP(C1C[C@H](n2cc(C)c(=O)[nH]c2=O)O[C@@H]1COC(c1ccccc1)(c1ccc(OC)cc1)c1ccc(OC)cc1)N(C(C)C)C(C)C. The van der Waals surface area contributed by atoms with Crippen molar-refractivity contribution >= 4 is 8.30 Å². The molecule has 1 aliphatic rings. The Bertz CT molecular complexity index is 2000. The summed E-state index contributed by atoms with van der Waals surface area (Å²) in [6.45, 7) is 10.3. The van der Waals surface area contributed by atoms with Crippen LogP contribution < -0.4 is 20.7 Å². The van der Waals surface area contributed by atoms with E-state index in [9.17, 15) is 14.9 Å². The maximum Gasteiger partial charge on any atom is 0.330 e. The molecule has 290 valence electrons. The maximum atomic E-state index is 13.3. The number of H-pyrrole nitrogens is 1. The Labute approximate surface area is 325 Å². The molecular formula is C43H51N4O7P. The Kier molecular flexibility index (Phi) is 14.1. The molecule has 12 heteroatoms. The van der Waals surface area contributed by atoms with Gasteiger partial charge in [0.05, 0.1) is 51.2 Å². The summed E-state index contributed by atoms with van der Waals surface area (Å²) in [7, 11) is 1.79. The van der Waals surface area contributed by atoms with Crippen LogP contribution in [-0.4, -0.2) is 65.5 Å². The standard InChI is InChI=1S/C43H51N4O7P/c1-9-13-32(25-44)27-53-55(47(29(2)3)30(4)5)39-24-40(46-26-31(6)41(48)45-42(46)49)54-38(39)28-52-43(33-14-11-10-12-15-33,34-16-20-36(50-7)21-17-34)35-18-22-37(51-8)23-19-35/h1,10-12,14-23,26,29-30,32,38-40H,13,24,27-28H2,2-8H3,(H,45,48,49)/t32?,38-,39?,40-,55?/m1/s1. The molecule has 1 N–H and O–H groups in total. The van der Waals surface area contributed by atoms with Gasteiger partial charge in [-0.15, -0.1) is 12.3 Å². The van der Waals surface area contributed by atoms with Gasteiger partial charge in [0.1, 0.15) is 31.6 Å². The topological polar surface area (TPSA) is 128 Å². The van der Waals surface area contributed by atoms with Crippen molar-refractivity contribution in [3.63, 3.8) is 0 Å². The lowest BCUT2D eigenvalue weighted by molar-refractivity contribution is -0.0773. The van der Waals surface area contributed by atoms with Crippen LogP contribution in [-0.2, 0) is 19.6 Å². The fourth-order valence-electron chi connectivity index (χ4n) is 7.19. The van der Waals surface area contributed by atoms with Gasteiger partial charge in [0, 0.05) is 36.7 Å². The molecule has 5 rings (SSSR count). The van der Waals surface area contributed by atoms with E-state index in [0.29, 0.717) is 23.5 Å². The number of benzene rings is 3. The van der Waals surface area contributed by atoms with E-state index in [0.717, 1.165) is 16.7 Å². The van der Waals surface area contributed by atoms with Crippen molar-refractivity contribution in [2.24, 2.45) is 5.92 Å². The highest BCUT2D eigenvalue weighted by Crippen LogP contribution is 2.57. The lowest BCUT2D eigenvalue weighted by Crippen LogP contribution is -2.41. The molecule has 0 spiro atoms. The van der Waals surface area contributed by atoms with Crippen molar-refractivity contribution in [2.45, 2.75) is 83.1 Å². The summed E-state index contributed by atoms with van der Waals surface area (Å²) in [5, 5.41) is 9.92. The zero-order chi connectivity index (χ0) is 39.7. The third kappa shape index (κ3) is 9.22. The lowest BCUT2D eigenvalue weighted by atomic mass is 9.80. The molecule has 2 heterocycles. The zero-order valence-electron chi connectivity index (χ0n) is 32.6. The molecule has 0 radical (unpaired) electrons. The predicted molar refractivity (Wildman–Crippen MR) is 214 cm³/mol. The van der Waals surface area contributed by atoms with Gasteiger partial charge in [-0.3, -0.25) is 19.0 Å². The number of methoxy groups -OCH3 is 2. The Balaban J connectivity index is 1.66. The maximum absolute atomic E-state index is 13.3. The van der Waals surface area contributed by atoms with Gasteiger partial charge in [0.15, 0.2) is 0 Å². The van der Waals surface area contributed by atoms with Crippen molar-refractivity contribution in [2.75, 3.05) is 27.4 Å². The molecule has 3 unspecified atom stereocenters. The summed E-state index contributed by atoms with van der Waals surface area (Å²) >= 11 is 0. The summed E-state index contributed by atoms with van der Waals surface area (Å²) in [4.78, 5) is 28.1.